The number of aryl methyl sites for hydroxylation is 2. The van der Waals surface area contributed by atoms with E-state index in [1.54, 1.807) is 7.05 Å². The van der Waals surface area contributed by atoms with E-state index >= 15 is 0 Å². The van der Waals surface area contributed by atoms with Gasteiger partial charge in [0.1, 0.15) is 5.25 Å². The van der Waals surface area contributed by atoms with Crippen molar-refractivity contribution in [1.82, 2.24) is 4.90 Å². The number of carbonyl (C=O) groups is 2. The van der Waals surface area contributed by atoms with E-state index in [-0.39, 0.29) is 18.2 Å². The minimum atomic E-state index is -0.455. The first-order valence-corrected chi connectivity index (χ1v) is 10.2. The largest absolute Gasteiger partial charge is 0.326 e. The molecule has 5 nitrogen and oxygen atoms in total. The van der Waals surface area contributed by atoms with E-state index < -0.39 is 5.25 Å². The molecule has 1 aliphatic heterocycles. The summed E-state index contributed by atoms with van der Waals surface area (Å²) in [5.41, 5.74) is 5.00. The maximum absolute atomic E-state index is 12.6. The molecule has 1 saturated heterocycles. The number of benzene rings is 2. The Morgan fingerprint density at radius 3 is 2.57 bits per heavy atom. The number of hydrogen-bond donors (Lipinski definition) is 1. The summed E-state index contributed by atoms with van der Waals surface area (Å²) in [7, 11) is 1.71. The topological polar surface area (TPSA) is 61.8 Å². The van der Waals surface area contributed by atoms with E-state index in [1.807, 2.05) is 56.3 Å². The van der Waals surface area contributed by atoms with E-state index in [4.69, 9.17) is 0 Å². The van der Waals surface area contributed by atoms with E-state index in [9.17, 15) is 9.59 Å². The molecule has 1 heterocycles. The number of hydrogen-bond acceptors (Lipinski definition) is 4. The van der Waals surface area contributed by atoms with Gasteiger partial charge in [-0.05, 0) is 55.2 Å². The van der Waals surface area contributed by atoms with Gasteiger partial charge in [-0.25, -0.2) is 4.99 Å². The summed E-state index contributed by atoms with van der Waals surface area (Å²) in [5.74, 6) is -0.258. The predicted octanol–water partition coefficient (Wildman–Crippen LogP) is 4.46. The van der Waals surface area contributed by atoms with E-state index in [0.29, 0.717) is 5.17 Å². The first kappa shape index (κ1) is 20.1. The Labute approximate surface area is 170 Å². The molecule has 6 heteroatoms. The number of amides is 2. The van der Waals surface area contributed by atoms with Crippen LogP contribution in [-0.4, -0.2) is 34.2 Å². The highest BCUT2D eigenvalue weighted by Gasteiger charge is 2.37. The molecule has 1 fully saturated rings. The molecule has 0 saturated carbocycles. The third kappa shape index (κ3) is 4.44. The zero-order chi connectivity index (χ0) is 20.3. The molecule has 1 aliphatic rings. The van der Waals surface area contributed by atoms with Crippen LogP contribution in [0, 0.1) is 13.8 Å². The van der Waals surface area contributed by atoms with Gasteiger partial charge in [0.2, 0.25) is 11.8 Å². The van der Waals surface area contributed by atoms with Crippen LogP contribution in [-0.2, 0) is 16.0 Å². The number of aliphatic imine (C=N–C) groups is 1. The van der Waals surface area contributed by atoms with Crippen molar-refractivity contribution in [3.63, 3.8) is 0 Å². The quantitative estimate of drug-likeness (QED) is 0.813. The Hall–Kier alpha value is -2.60. The van der Waals surface area contributed by atoms with E-state index in [2.05, 4.69) is 17.2 Å². The van der Waals surface area contributed by atoms with Gasteiger partial charge in [-0.2, -0.15) is 0 Å². The molecule has 28 heavy (non-hydrogen) atoms. The molecule has 2 aromatic rings. The normalized spacial score (nSPS) is 18.0. The second-order valence-electron chi connectivity index (χ2n) is 6.92. The molecule has 0 radical (unpaired) electrons. The zero-order valence-electron chi connectivity index (χ0n) is 16.7. The Bertz CT molecular complexity index is 922. The molecule has 1 N–H and O–H groups in total. The van der Waals surface area contributed by atoms with Gasteiger partial charge in [0.25, 0.3) is 0 Å². The average molecular weight is 396 g/mol. The second-order valence-corrected chi connectivity index (χ2v) is 8.09. The number of nitrogens with zero attached hydrogens (tertiary/aromatic N) is 2. The summed E-state index contributed by atoms with van der Waals surface area (Å²) in [6.45, 7) is 6.09. The number of rotatable bonds is 5. The summed E-state index contributed by atoms with van der Waals surface area (Å²) in [6.07, 6.45) is 1.09. The lowest BCUT2D eigenvalue weighted by Gasteiger charge is -2.12. The average Bonchev–Trinajstić information content (AvgIpc) is 2.94. The Morgan fingerprint density at radius 1 is 1.18 bits per heavy atom. The molecule has 2 aromatic carbocycles. The fourth-order valence-electron chi connectivity index (χ4n) is 2.97. The minimum absolute atomic E-state index is 0.0926. The van der Waals surface area contributed by atoms with Crippen molar-refractivity contribution in [3.8, 4) is 0 Å². The maximum Gasteiger partial charge on any atom is 0.242 e. The summed E-state index contributed by atoms with van der Waals surface area (Å²) in [6, 6.07) is 13.8. The van der Waals surface area contributed by atoms with E-state index in [0.717, 1.165) is 28.9 Å². The molecule has 2 amide bonds. The van der Waals surface area contributed by atoms with Gasteiger partial charge >= 0.3 is 0 Å². The van der Waals surface area contributed by atoms with Crippen molar-refractivity contribution in [3.05, 3.63) is 59.2 Å². The van der Waals surface area contributed by atoms with Crippen molar-refractivity contribution < 1.29 is 9.59 Å². The van der Waals surface area contributed by atoms with Crippen LogP contribution in [0.2, 0.25) is 0 Å². The van der Waals surface area contributed by atoms with Crippen LogP contribution in [0.1, 0.15) is 30.0 Å². The lowest BCUT2D eigenvalue weighted by molar-refractivity contribution is -0.127. The Morgan fingerprint density at radius 2 is 1.89 bits per heavy atom. The van der Waals surface area contributed by atoms with Crippen LogP contribution >= 0.6 is 11.8 Å². The van der Waals surface area contributed by atoms with Crippen LogP contribution < -0.4 is 5.32 Å². The van der Waals surface area contributed by atoms with Crippen LogP contribution in [0.15, 0.2) is 47.5 Å². The Balaban J connectivity index is 1.68. The van der Waals surface area contributed by atoms with Crippen LogP contribution in [0.25, 0.3) is 0 Å². The first-order chi connectivity index (χ1) is 13.4. The summed E-state index contributed by atoms with van der Waals surface area (Å²) in [5, 5.41) is 3.10. The highest BCUT2D eigenvalue weighted by molar-refractivity contribution is 8.15. The molecule has 3 rings (SSSR count). The number of nitrogens with one attached hydrogen (secondary N) is 1. The highest BCUT2D eigenvalue weighted by atomic mass is 32.2. The summed E-state index contributed by atoms with van der Waals surface area (Å²) >= 11 is 1.34. The molecular weight excluding hydrogens is 370 g/mol. The number of anilines is 1. The third-order valence-electron chi connectivity index (χ3n) is 4.96. The van der Waals surface area contributed by atoms with E-state index in [1.165, 1.54) is 22.2 Å². The van der Waals surface area contributed by atoms with Crippen molar-refractivity contribution in [2.45, 2.75) is 38.9 Å². The van der Waals surface area contributed by atoms with Gasteiger partial charge in [0.05, 0.1) is 5.69 Å². The van der Waals surface area contributed by atoms with Gasteiger partial charge in [-0.3, -0.25) is 14.5 Å². The molecule has 0 aromatic heterocycles. The monoisotopic (exact) mass is 395 g/mol. The molecule has 1 atom stereocenters. The molecule has 146 valence electrons. The zero-order valence-corrected chi connectivity index (χ0v) is 17.5. The molecule has 0 spiro atoms. The lowest BCUT2D eigenvalue weighted by Crippen LogP contribution is -2.30. The maximum atomic E-state index is 12.6. The van der Waals surface area contributed by atoms with Gasteiger partial charge in [0, 0.05) is 19.2 Å². The van der Waals surface area contributed by atoms with Crippen molar-refractivity contribution in [1.29, 1.82) is 0 Å². The lowest BCUT2D eigenvalue weighted by atomic mass is 10.1. The molecule has 0 aliphatic carbocycles. The predicted molar refractivity (Wildman–Crippen MR) is 116 cm³/mol. The van der Waals surface area contributed by atoms with Crippen molar-refractivity contribution >= 4 is 40.1 Å². The van der Waals surface area contributed by atoms with Gasteiger partial charge < -0.3 is 5.32 Å². The SMILES string of the molecule is CCc1ccc(N=C2SC(CC(=O)Nc3cccc(C)c3C)C(=O)N2C)cc1. The number of amidine groups is 1. The summed E-state index contributed by atoms with van der Waals surface area (Å²) < 4.78 is 0. The highest BCUT2D eigenvalue weighted by Crippen LogP contribution is 2.31. The number of carbonyl (C=O) groups excluding carboxylic acids is 2. The van der Waals surface area contributed by atoms with Crippen LogP contribution in [0.3, 0.4) is 0 Å². The van der Waals surface area contributed by atoms with Gasteiger partial charge in [-0.15, -0.1) is 0 Å². The smallest absolute Gasteiger partial charge is 0.242 e. The van der Waals surface area contributed by atoms with Crippen molar-refractivity contribution in [2.24, 2.45) is 4.99 Å². The minimum Gasteiger partial charge on any atom is -0.326 e. The Kier molecular flexibility index (Phi) is 6.19. The fourth-order valence-corrected chi connectivity index (χ4v) is 4.12. The van der Waals surface area contributed by atoms with Crippen LogP contribution in [0.5, 0.6) is 0 Å². The van der Waals surface area contributed by atoms with Crippen LogP contribution in [0.4, 0.5) is 11.4 Å². The molecular formula is C22H25N3O2S. The molecule has 1 unspecified atom stereocenters. The van der Waals surface area contributed by atoms with Gasteiger partial charge in [-0.1, -0.05) is 43.0 Å². The van der Waals surface area contributed by atoms with Gasteiger partial charge in [0.15, 0.2) is 5.17 Å². The first-order valence-electron chi connectivity index (χ1n) is 9.37. The van der Waals surface area contributed by atoms with Crippen molar-refractivity contribution in [2.75, 3.05) is 12.4 Å². The molecule has 0 bridgehead atoms. The second kappa shape index (κ2) is 8.61. The summed E-state index contributed by atoms with van der Waals surface area (Å²) in [4.78, 5) is 31.2. The third-order valence-corrected chi connectivity index (χ3v) is 6.19. The fraction of sp³-hybridized carbons (Fsp3) is 0.318. The standard InChI is InChI=1S/C22H25N3O2S/c1-5-16-9-11-17(12-10-16)23-22-25(4)21(27)19(28-22)13-20(26)24-18-8-6-7-14(2)15(18)3/h6-12,19H,5,13H2,1-4H3,(H,24,26). The number of thioether (sulfide) groups is 1.